The first-order valence-electron chi connectivity index (χ1n) is 13.4. The molecule has 0 N–H and O–H groups in total. The van der Waals surface area contributed by atoms with Crippen molar-refractivity contribution in [2.45, 2.75) is 45.8 Å². The summed E-state index contributed by atoms with van der Waals surface area (Å²) in [7, 11) is 0. The number of fused-ring (bicyclic) bond motifs is 1. The van der Waals surface area contributed by atoms with E-state index in [1.165, 1.54) is 34.9 Å². The van der Waals surface area contributed by atoms with Gasteiger partial charge in [0.15, 0.2) is 0 Å². The highest BCUT2D eigenvalue weighted by atomic mass is 19.1. The minimum absolute atomic E-state index is 0.00137. The molecule has 5 rings (SSSR count). The van der Waals surface area contributed by atoms with E-state index in [1.54, 1.807) is 17.2 Å². The second-order valence-corrected chi connectivity index (χ2v) is 10.7. The largest absolute Gasteiger partial charge is 0.351 e. The van der Waals surface area contributed by atoms with E-state index >= 15 is 4.39 Å². The van der Waals surface area contributed by atoms with Gasteiger partial charge in [0.2, 0.25) is 5.91 Å². The first-order valence-corrected chi connectivity index (χ1v) is 13.4. The number of anilines is 1. The molecule has 1 aromatic carbocycles. The number of dihydropyridines is 1. The van der Waals surface area contributed by atoms with E-state index in [9.17, 15) is 14.0 Å². The van der Waals surface area contributed by atoms with Crippen molar-refractivity contribution in [2.24, 2.45) is 10.9 Å². The highest BCUT2D eigenvalue weighted by Crippen LogP contribution is 2.36. The van der Waals surface area contributed by atoms with Crippen molar-refractivity contribution in [3.05, 3.63) is 76.8 Å². The van der Waals surface area contributed by atoms with E-state index in [0.717, 1.165) is 5.57 Å². The second-order valence-electron chi connectivity index (χ2n) is 10.7. The molecule has 40 heavy (non-hydrogen) atoms. The van der Waals surface area contributed by atoms with Gasteiger partial charge in [-0.15, -0.1) is 0 Å². The maximum Gasteiger partial charge on any atom is 0.351 e. The van der Waals surface area contributed by atoms with E-state index in [0.29, 0.717) is 25.0 Å². The van der Waals surface area contributed by atoms with Crippen LogP contribution in [0.25, 0.3) is 22.3 Å². The van der Waals surface area contributed by atoms with Gasteiger partial charge in [0.25, 0.3) is 0 Å². The number of aliphatic imine (C=N–C) groups is 1. The highest BCUT2D eigenvalue weighted by molar-refractivity contribution is 5.90. The molecular formula is C30H32F2N6O2. The molecule has 0 aliphatic carbocycles. The number of piperazine rings is 1. The van der Waals surface area contributed by atoms with Crippen molar-refractivity contribution in [3.8, 4) is 11.3 Å². The predicted octanol–water partition coefficient (Wildman–Crippen LogP) is 4.56. The minimum Gasteiger partial charge on any atom is -0.350 e. The van der Waals surface area contributed by atoms with Crippen LogP contribution in [0.2, 0.25) is 0 Å². The molecule has 3 unspecified atom stereocenters. The van der Waals surface area contributed by atoms with Gasteiger partial charge in [0.05, 0.1) is 17.5 Å². The van der Waals surface area contributed by atoms with Crippen molar-refractivity contribution in [1.82, 2.24) is 19.4 Å². The molecule has 3 aromatic rings. The fourth-order valence-electron chi connectivity index (χ4n) is 5.64. The third-order valence-corrected chi connectivity index (χ3v) is 7.69. The number of allylic oxidation sites excluding steroid dienone is 1. The van der Waals surface area contributed by atoms with Crippen LogP contribution in [0, 0.1) is 17.6 Å². The number of carbonyl (C=O) groups excluding carboxylic acids is 1. The Kier molecular flexibility index (Phi) is 7.35. The van der Waals surface area contributed by atoms with Gasteiger partial charge in [-0.25, -0.2) is 18.6 Å². The van der Waals surface area contributed by atoms with E-state index in [4.69, 9.17) is 0 Å². The van der Waals surface area contributed by atoms with Gasteiger partial charge in [0, 0.05) is 37.5 Å². The summed E-state index contributed by atoms with van der Waals surface area (Å²) in [4.78, 5) is 43.4. The Hall–Kier alpha value is -4.21. The molecule has 10 heteroatoms. The SMILES string of the molecule is C=CC(=O)N1CCN(c2nc(=O)n(C3C(C)=CC=NC3C(C)C)c3nc(-c4ccccc4F)c(F)cc23)C(C)C1. The summed E-state index contributed by atoms with van der Waals surface area (Å²) in [6, 6.07) is 6.11. The molecule has 3 atom stereocenters. The number of aromatic nitrogens is 3. The lowest BCUT2D eigenvalue weighted by Gasteiger charge is -2.40. The first kappa shape index (κ1) is 27.4. The molecular weight excluding hydrogens is 514 g/mol. The molecule has 1 saturated heterocycles. The standard InChI is InChI=1S/C30H32F2N6O2/c1-6-24(39)36-13-14-37(19(5)16-36)28-21-15-23(32)26(20-9-7-8-10-22(20)31)34-29(21)38(30(40)35-28)27-18(4)11-12-33-25(27)17(2)3/h6-12,15,17,19,25,27H,1,13-14,16H2,2-5H3. The molecule has 2 aliphatic rings. The van der Waals surface area contributed by atoms with Gasteiger partial charge < -0.3 is 9.80 Å². The average Bonchev–Trinajstić information content (AvgIpc) is 2.93. The third kappa shape index (κ3) is 4.71. The van der Waals surface area contributed by atoms with Crippen LogP contribution < -0.4 is 10.6 Å². The van der Waals surface area contributed by atoms with Crippen LogP contribution in [-0.2, 0) is 4.79 Å². The molecule has 0 bridgehead atoms. The minimum atomic E-state index is -0.728. The Morgan fingerprint density at radius 2 is 1.90 bits per heavy atom. The van der Waals surface area contributed by atoms with Crippen molar-refractivity contribution in [1.29, 1.82) is 0 Å². The van der Waals surface area contributed by atoms with Gasteiger partial charge in [0.1, 0.15) is 28.8 Å². The molecule has 1 amide bonds. The average molecular weight is 547 g/mol. The first-order chi connectivity index (χ1) is 19.1. The van der Waals surface area contributed by atoms with Crippen LogP contribution >= 0.6 is 0 Å². The third-order valence-electron chi connectivity index (χ3n) is 7.69. The summed E-state index contributed by atoms with van der Waals surface area (Å²) in [5, 5.41) is 0.331. The Labute approximate surface area is 231 Å². The zero-order chi connectivity index (χ0) is 28.7. The van der Waals surface area contributed by atoms with Crippen LogP contribution in [0.4, 0.5) is 14.6 Å². The monoisotopic (exact) mass is 546 g/mol. The zero-order valence-electron chi connectivity index (χ0n) is 23.0. The van der Waals surface area contributed by atoms with Crippen molar-refractivity contribution >= 4 is 29.0 Å². The number of rotatable bonds is 5. The number of pyridine rings is 1. The number of halogens is 2. The smallest absolute Gasteiger partial charge is 0.350 e. The van der Waals surface area contributed by atoms with E-state index in [-0.39, 0.29) is 46.6 Å². The van der Waals surface area contributed by atoms with Crippen LogP contribution in [0.3, 0.4) is 0 Å². The van der Waals surface area contributed by atoms with E-state index < -0.39 is 23.4 Å². The molecule has 208 valence electrons. The van der Waals surface area contributed by atoms with Crippen molar-refractivity contribution in [3.63, 3.8) is 0 Å². The summed E-state index contributed by atoms with van der Waals surface area (Å²) in [5.41, 5.74) is 0.339. The molecule has 2 aromatic heterocycles. The van der Waals surface area contributed by atoms with Gasteiger partial charge in [-0.3, -0.25) is 14.4 Å². The normalized spacial score (nSPS) is 21.2. The molecule has 4 heterocycles. The van der Waals surface area contributed by atoms with Crippen molar-refractivity contribution in [2.75, 3.05) is 24.5 Å². The Morgan fingerprint density at radius 1 is 1.15 bits per heavy atom. The van der Waals surface area contributed by atoms with E-state index in [2.05, 4.69) is 21.5 Å². The molecule has 1 fully saturated rings. The summed E-state index contributed by atoms with van der Waals surface area (Å²) in [6.45, 7) is 12.6. The topological polar surface area (TPSA) is 83.7 Å². The van der Waals surface area contributed by atoms with Gasteiger partial charge in [-0.2, -0.15) is 4.98 Å². The van der Waals surface area contributed by atoms with Gasteiger partial charge in [-0.05, 0) is 55.7 Å². The lowest BCUT2D eigenvalue weighted by atomic mass is 9.90. The maximum atomic E-state index is 15.7. The lowest BCUT2D eigenvalue weighted by molar-refractivity contribution is -0.126. The number of carbonyl (C=O) groups is 1. The highest BCUT2D eigenvalue weighted by Gasteiger charge is 2.34. The van der Waals surface area contributed by atoms with Crippen LogP contribution in [0.15, 0.2) is 64.4 Å². The summed E-state index contributed by atoms with van der Waals surface area (Å²) >= 11 is 0. The second kappa shape index (κ2) is 10.7. The molecule has 0 saturated carbocycles. The quantitative estimate of drug-likeness (QED) is 0.439. The molecule has 8 nitrogen and oxygen atoms in total. The number of hydrogen-bond acceptors (Lipinski definition) is 6. The Morgan fingerprint density at radius 3 is 2.58 bits per heavy atom. The molecule has 0 radical (unpaired) electrons. The fourth-order valence-corrected chi connectivity index (χ4v) is 5.64. The summed E-state index contributed by atoms with van der Waals surface area (Å²) in [6.07, 6.45) is 4.85. The predicted molar refractivity (Wildman–Crippen MR) is 153 cm³/mol. The summed E-state index contributed by atoms with van der Waals surface area (Å²) < 4.78 is 32.0. The van der Waals surface area contributed by atoms with Crippen LogP contribution in [-0.4, -0.2) is 63.3 Å². The number of nitrogens with zero attached hydrogens (tertiary/aromatic N) is 6. The number of amides is 1. The fraction of sp³-hybridized carbons (Fsp3) is 0.367. The van der Waals surface area contributed by atoms with Crippen LogP contribution in [0.1, 0.15) is 33.7 Å². The molecule has 2 aliphatic heterocycles. The van der Waals surface area contributed by atoms with Crippen molar-refractivity contribution < 1.29 is 13.6 Å². The molecule has 0 spiro atoms. The number of hydrogen-bond donors (Lipinski definition) is 0. The lowest BCUT2D eigenvalue weighted by Crippen LogP contribution is -2.54. The Bertz CT molecular complexity index is 1610. The van der Waals surface area contributed by atoms with Gasteiger partial charge >= 0.3 is 5.69 Å². The van der Waals surface area contributed by atoms with Crippen LogP contribution in [0.5, 0.6) is 0 Å². The number of benzene rings is 1. The zero-order valence-corrected chi connectivity index (χ0v) is 23.0. The van der Waals surface area contributed by atoms with Gasteiger partial charge in [-0.1, -0.05) is 32.6 Å². The van der Waals surface area contributed by atoms with E-state index in [1.807, 2.05) is 38.7 Å². The summed E-state index contributed by atoms with van der Waals surface area (Å²) in [5.74, 6) is -1.17. The maximum absolute atomic E-state index is 15.7. The Balaban J connectivity index is 1.76.